The van der Waals surface area contributed by atoms with E-state index in [1.54, 1.807) is 46.2 Å². The average molecular weight is 775 g/mol. The van der Waals surface area contributed by atoms with Gasteiger partial charge in [0.05, 0.1) is 52.3 Å². The number of likely N-dealkylation sites (tertiary alicyclic amines) is 2. The molecule has 2 aromatic rings. The summed E-state index contributed by atoms with van der Waals surface area (Å²) in [6, 6.07) is 14.2. The summed E-state index contributed by atoms with van der Waals surface area (Å²) >= 11 is 0. The van der Waals surface area contributed by atoms with Crippen molar-refractivity contribution in [3.63, 3.8) is 0 Å². The molecule has 0 spiro atoms. The third kappa shape index (κ3) is 14.3. The van der Waals surface area contributed by atoms with Crippen molar-refractivity contribution in [3.8, 4) is 12.3 Å². The topological polar surface area (TPSA) is 170 Å². The maximum Gasteiger partial charge on any atom is 0.249 e. The van der Waals surface area contributed by atoms with E-state index < -0.39 is 18.1 Å². The van der Waals surface area contributed by atoms with Crippen LogP contribution in [-0.4, -0.2) is 136 Å². The van der Waals surface area contributed by atoms with E-state index in [1.165, 1.54) is 0 Å². The molecule has 2 N–H and O–H groups in total. The van der Waals surface area contributed by atoms with E-state index in [4.69, 9.17) is 25.4 Å². The standard InChI is InChI=1S/C42H54N4O10/c1-2-3-5-14-38(48)44-36(29-32-15-17-34(18-16-32)40(50)33-10-6-4-7-11-33)41(51)43-19-22-53-23-24-54-25-26-55-27-28-56-31-39(49)46-21-9-13-37(46)42(52)45-20-8-12-35(45)30-47/h1,4,6-7,10-11,15-18,30,35-37H,3,5,8-9,12-14,19-29,31H2,(H,43,51)(H,44,48)/t35-,36-,37-/m0/s1. The Hall–Kier alpha value is -4.94. The molecule has 0 radical (unpaired) electrons. The summed E-state index contributed by atoms with van der Waals surface area (Å²) in [5, 5.41) is 5.63. The van der Waals surface area contributed by atoms with Crippen molar-refractivity contribution < 1.29 is 47.7 Å². The third-order valence-electron chi connectivity index (χ3n) is 9.55. The lowest BCUT2D eigenvalue weighted by Crippen LogP contribution is -2.50. The normalized spacial score (nSPS) is 16.9. The van der Waals surface area contributed by atoms with Crippen LogP contribution >= 0.6 is 0 Å². The molecule has 2 fully saturated rings. The summed E-state index contributed by atoms with van der Waals surface area (Å²) in [5.41, 5.74) is 1.90. The number of carbonyl (C=O) groups is 6. The first kappa shape index (κ1) is 43.8. The molecule has 14 heteroatoms. The first-order valence-electron chi connectivity index (χ1n) is 19.4. The number of nitrogens with zero attached hydrogens (tertiary/aromatic N) is 2. The lowest BCUT2D eigenvalue weighted by Gasteiger charge is -2.29. The van der Waals surface area contributed by atoms with Crippen LogP contribution in [0.15, 0.2) is 54.6 Å². The first-order chi connectivity index (χ1) is 27.3. The molecule has 4 amide bonds. The number of rotatable bonds is 25. The second kappa shape index (κ2) is 24.5. The number of terminal acetylenes is 1. The molecule has 14 nitrogen and oxygen atoms in total. The van der Waals surface area contributed by atoms with Gasteiger partial charge in [-0.05, 0) is 37.7 Å². The fourth-order valence-electron chi connectivity index (χ4n) is 6.60. The molecule has 2 aliphatic heterocycles. The molecule has 0 aliphatic carbocycles. The second-order valence-corrected chi connectivity index (χ2v) is 13.6. The van der Waals surface area contributed by atoms with E-state index in [-0.39, 0.29) is 75.2 Å². The van der Waals surface area contributed by atoms with E-state index in [0.29, 0.717) is 76.3 Å². The number of ketones is 1. The van der Waals surface area contributed by atoms with Crippen molar-refractivity contribution in [2.24, 2.45) is 0 Å². The highest BCUT2D eigenvalue weighted by molar-refractivity contribution is 6.09. The average Bonchev–Trinajstić information content (AvgIpc) is 3.92. The van der Waals surface area contributed by atoms with E-state index in [2.05, 4.69) is 16.6 Å². The minimum atomic E-state index is -0.829. The molecule has 2 heterocycles. The van der Waals surface area contributed by atoms with Crippen molar-refractivity contribution in [1.29, 1.82) is 0 Å². The molecular formula is C42H54N4O10. The Bertz CT molecular complexity index is 1610. The van der Waals surface area contributed by atoms with Gasteiger partial charge >= 0.3 is 0 Å². The van der Waals surface area contributed by atoms with Gasteiger partial charge in [-0.15, -0.1) is 12.3 Å². The quantitative estimate of drug-likeness (QED) is 0.0660. The Morgan fingerprint density at radius 1 is 0.804 bits per heavy atom. The van der Waals surface area contributed by atoms with Crippen LogP contribution < -0.4 is 10.6 Å². The van der Waals surface area contributed by atoms with Crippen molar-refractivity contribution in [2.75, 3.05) is 72.5 Å². The van der Waals surface area contributed by atoms with E-state index in [1.807, 2.05) is 18.2 Å². The monoisotopic (exact) mass is 774 g/mol. The number of amides is 4. The van der Waals surface area contributed by atoms with Gasteiger partial charge in [-0.25, -0.2) is 0 Å². The highest BCUT2D eigenvalue weighted by Gasteiger charge is 2.39. The van der Waals surface area contributed by atoms with Gasteiger partial charge in [-0.3, -0.25) is 24.0 Å². The number of aldehydes is 1. The Kier molecular flexibility index (Phi) is 19.2. The minimum absolute atomic E-state index is 0.100. The zero-order valence-corrected chi connectivity index (χ0v) is 32.0. The molecule has 0 aromatic heterocycles. The minimum Gasteiger partial charge on any atom is -0.377 e. The van der Waals surface area contributed by atoms with Crippen LogP contribution in [0.3, 0.4) is 0 Å². The van der Waals surface area contributed by atoms with Crippen LogP contribution in [0.5, 0.6) is 0 Å². The van der Waals surface area contributed by atoms with E-state index >= 15 is 0 Å². The van der Waals surface area contributed by atoms with Crippen LogP contribution in [0, 0.1) is 12.3 Å². The molecule has 56 heavy (non-hydrogen) atoms. The highest BCUT2D eigenvalue weighted by Crippen LogP contribution is 2.24. The van der Waals surface area contributed by atoms with Crippen LogP contribution in [0.4, 0.5) is 0 Å². The first-order valence-corrected chi connectivity index (χ1v) is 19.4. The predicted octanol–water partition coefficient (Wildman–Crippen LogP) is 2.11. The second-order valence-electron chi connectivity index (χ2n) is 13.6. The summed E-state index contributed by atoms with van der Waals surface area (Å²) < 4.78 is 22.1. The lowest BCUT2D eigenvalue weighted by molar-refractivity contribution is -0.147. The van der Waals surface area contributed by atoms with Crippen molar-refractivity contribution >= 4 is 35.7 Å². The number of benzene rings is 2. The van der Waals surface area contributed by atoms with Crippen LogP contribution in [0.1, 0.15) is 66.4 Å². The van der Waals surface area contributed by atoms with Crippen LogP contribution in [-0.2, 0) is 49.3 Å². The largest absolute Gasteiger partial charge is 0.377 e. The zero-order valence-electron chi connectivity index (χ0n) is 32.0. The summed E-state index contributed by atoms with van der Waals surface area (Å²) in [6.45, 7) is 3.14. The molecule has 0 unspecified atom stereocenters. The lowest BCUT2D eigenvalue weighted by atomic mass is 9.99. The molecule has 302 valence electrons. The van der Waals surface area contributed by atoms with Gasteiger partial charge < -0.3 is 44.2 Å². The van der Waals surface area contributed by atoms with Gasteiger partial charge in [0.1, 0.15) is 25.0 Å². The fraction of sp³-hybridized carbons (Fsp3) is 0.524. The Labute approximate surface area is 328 Å². The fourth-order valence-corrected chi connectivity index (χ4v) is 6.60. The zero-order chi connectivity index (χ0) is 40.0. The van der Waals surface area contributed by atoms with Crippen molar-refractivity contribution in [1.82, 2.24) is 20.4 Å². The third-order valence-corrected chi connectivity index (χ3v) is 9.55. The predicted molar refractivity (Wildman–Crippen MR) is 206 cm³/mol. The highest BCUT2D eigenvalue weighted by atomic mass is 16.6. The van der Waals surface area contributed by atoms with Gasteiger partial charge in [0, 0.05) is 50.0 Å². The molecule has 4 rings (SSSR count). The van der Waals surface area contributed by atoms with Gasteiger partial charge in [0.15, 0.2) is 5.78 Å². The number of unbranched alkanes of at least 4 members (excludes halogenated alkanes) is 1. The molecule has 2 saturated heterocycles. The Balaban J connectivity index is 1.05. The van der Waals surface area contributed by atoms with Gasteiger partial charge in [0.2, 0.25) is 23.6 Å². The Morgan fingerprint density at radius 2 is 1.43 bits per heavy atom. The van der Waals surface area contributed by atoms with Gasteiger partial charge in [-0.2, -0.15) is 0 Å². The smallest absolute Gasteiger partial charge is 0.249 e. The van der Waals surface area contributed by atoms with Gasteiger partial charge in [0.25, 0.3) is 0 Å². The maximum atomic E-state index is 13.1. The number of nitrogens with one attached hydrogen (secondary N) is 2. The summed E-state index contributed by atoms with van der Waals surface area (Å²) in [5.74, 6) is 1.38. The Morgan fingerprint density at radius 3 is 2.11 bits per heavy atom. The number of carbonyl (C=O) groups excluding carboxylic acids is 6. The van der Waals surface area contributed by atoms with E-state index in [0.717, 1.165) is 24.7 Å². The van der Waals surface area contributed by atoms with Crippen molar-refractivity contribution in [3.05, 3.63) is 71.3 Å². The number of hydrogen-bond donors (Lipinski definition) is 2. The van der Waals surface area contributed by atoms with Gasteiger partial charge in [-0.1, -0.05) is 54.6 Å². The molecule has 2 aromatic carbocycles. The summed E-state index contributed by atoms with van der Waals surface area (Å²) in [7, 11) is 0. The van der Waals surface area contributed by atoms with Crippen LogP contribution in [0.2, 0.25) is 0 Å². The maximum absolute atomic E-state index is 13.1. The summed E-state index contributed by atoms with van der Waals surface area (Å²) in [4.78, 5) is 78.7. The SMILES string of the molecule is C#CCCCC(=O)N[C@@H](Cc1ccc(C(=O)c2ccccc2)cc1)C(=O)NCCOCCOCCOCCOCC(=O)N1CCC[C@H]1C(=O)N1CCC[C@H]1C=O. The molecular weight excluding hydrogens is 720 g/mol. The van der Waals surface area contributed by atoms with Crippen molar-refractivity contribution in [2.45, 2.75) is 69.5 Å². The van der Waals surface area contributed by atoms with E-state index in [9.17, 15) is 28.8 Å². The summed E-state index contributed by atoms with van der Waals surface area (Å²) in [6.07, 6.45) is 10.3. The number of ether oxygens (including phenoxy) is 4. The van der Waals surface area contributed by atoms with Crippen LogP contribution in [0.25, 0.3) is 0 Å². The molecule has 0 saturated carbocycles. The molecule has 0 bridgehead atoms. The molecule has 3 atom stereocenters. The molecule has 2 aliphatic rings. The number of hydrogen-bond acceptors (Lipinski definition) is 10.